The van der Waals surface area contributed by atoms with Gasteiger partial charge in [0.05, 0.1) is 18.5 Å². The third-order valence-corrected chi connectivity index (χ3v) is 3.52. The smallest absolute Gasteiger partial charge is 0.0611 e. The Kier molecular flexibility index (Phi) is 2.61. The molecule has 2 rings (SSSR count). The Balaban J connectivity index is 2.07. The summed E-state index contributed by atoms with van der Waals surface area (Å²) in [7, 11) is 0. The molecule has 0 aliphatic carbocycles. The maximum Gasteiger partial charge on any atom is 0.0611 e. The molecule has 0 radical (unpaired) electrons. The van der Waals surface area contributed by atoms with Gasteiger partial charge in [0.15, 0.2) is 0 Å². The van der Waals surface area contributed by atoms with E-state index in [1.807, 2.05) is 11.8 Å². The second kappa shape index (κ2) is 3.72. The van der Waals surface area contributed by atoms with Crippen molar-refractivity contribution in [2.75, 3.05) is 13.2 Å². The Hall–Kier alpha value is -0.470. The van der Waals surface area contributed by atoms with Crippen LogP contribution in [0, 0.1) is 13.8 Å². The highest BCUT2D eigenvalue weighted by Crippen LogP contribution is 2.28. The van der Waals surface area contributed by atoms with Crippen LogP contribution in [0.2, 0.25) is 0 Å². The fourth-order valence-electron chi connectivity index (χ4n) is 1.26. The maximum absolute atomic E-state index is 5.14. The molecule has 0 N–H and O–H groups in total. The van der Waals surface area contributed by atoms with Gasteiger partial charge in [-0.2, -0.15) is 0 Å². The van der Waals surface area contributed by atoms with Gasteiger partial charge in [-0.3, -0.25) is 0 Å². The molecule has 0 amide bonds. The van der Waals surface area contributed by atoms with Crippen molar-refractivity contribution in [1.82, 2.24) is 0 Å². The summed E-state index contributed by atoms with van der Waals surface area (Å²) in [6.45, 7) is 6.14. The van der Waals surface area contributed by atoms with Gasteiger partial charge in [0.25, 0.3) is 0 Å². The number of hydrogen-bond acceptors (Lipinski definition) is 2. The molecule has 1 aromatic rings. The average Bonchev–Trinajstić information content (AvgIpc) is 2.04. The molecule has 2 heteroatoms. The molecule has 0 atom stereocenters. The van der Waals surface area contributed by atoms with Crippen LogP contribution in [0.4, 0.5) is 0 Å². The van der Waals surface area contributed by atoms with Crippen molar-refractivity contribution >= 4 is 11.8 Å². The molecule has 0 unspecified atom stereocenters. The molecular formula is C11H14OS. The van der Waals surface area contributed by atoms with Gasteiger partial charge < -0.3 is 4.74 Å². The summed E-state index contributed by atoms with van der Waals surface area (Å²) in [5, 5.41) is 0.683. The highest BCUT2D eigenvalue weighted by atomic mass is 32.2. The van der Waals surface area contributed by atoms with E-state index in [2.05, 4.69) is 32.0 Å². The normalized spacial score (nSPS) is 17.1. The zero-order chi connectivity index (χ0) is 9.26. The summed E-state index contributed by atoms with van der Waals surface area (Å²) in [5.41, 5.74) is 2.75. The standard InChI is InChI=1S/C11H14OS/c1-8-3-4-10(5-9(8)2)13-11-6-12-7-11/h3-5,11H,6-7H2,1-2H3. The first-order valence-corrected chi connectivity index (χ1v) is 5.45. The molecule has 1 heterocycles. The highest BCUT2D eigenvalue weighted by molar-refractivity contribution is 8.00. The topological polar surface area (TPSA) is 9.23 Å². The van der Waals surface area contributed by atoms with Gasteiger partial charge >= 0.3 is 0 Å². The summed E-state index contributed by atoms with van der Waals surface area (Å²) in [6.07, 6.45) is 0. The largest absolute Gasteiger partial charge is 0.379 e. The van der Waals surface area contributed by atoms with Crippen LogP contribution in [0.25, 0.3) is 0 Å². The maximum atomic E-state index is 5.14. The Bertz CT molecular complexity index is 305. The van der Waals surface area contributed by atoms with E-state index in [1.54, 1.807) is 0 Å². The third kappa shape index (κ3) is 2.06. The molecular weight excluding hydrogens is 180 g/mol. The Morgan fingerprint density at radius 1 is 1.23 bits per heavy atom. The van der Waals surface area contributed by atoms with Crippen LogP contribution in [0.15, 0.2) is 23.1 Å². The minimum atomic E-state index is 0.683. The lowest BCUT2D eigenvalue weighted by atomic mass is 10.1. The van der Waals surface area contributed by atoms with E-state index in [0.29, 0.717) is 5.25 Å². The SMILES string of the molecule is Cc1ccc(SC2COC2)cc1C. The lowest BCUT2D eigenvalue weighted by Gasteiger charge is -2.25. The van der Waals surface area contributed by atoms with Crippen molar-refractivity contribution in [3.8, 4) is 0 Å². The van der Waals surface area contributed by atoms with Crippen molar-refractivity contribution in [1.29, 1.82) is 0 Å². The van der Waals surface area contributed by atoms with Gasteiger partial charge in [0.1, 0.15) is 0 Å². The van der Waals surface area contributed by atoms with Crippen LogP contribution in [0.3, 0.4) is 0 Å². The molecule has 0 aromatic heterocycles. The fourth-order valence-corrected chi connectivity index (χ4v) is 2.37. The van der Waals surface area contributed by atoms with E-state index in [4.69, 9.17) is 4.74 Å². The van der Waals surface area contributed by atoms with E-state index in [0.717, 1.165) is 13.2 Å². The van der Waals surface area contributed by atoms with Gasteiger partial charge in [-0.15, -0.1) is 11.8 Å². The van der Waals surface area contributed by atoms with Crippen LogP contribution in [0.5, 0.6) is 0 Å². The molecule has 0 saturated carbocycles. The molecule has 1 aliphatic heterocycles. The second-order valence-corrected chi connectivity index (χ2v) is 4.90. The number of rotatable bonds is 2. The molecule has 1 nitrogen and oxygen atoms in total. The monoisotopic (exact) mass is 194 g/mol. The van der Waals surface area contributed by atoms with Crippen molar-refractivity contribution in [3.63, 3.8) is 0 Å². The minimum absolute atomic E-state index is 0.683. The average molecular weight is 194 g/mol. The van der Waals surface area contributed by atoms with Gasteiger partial charge in [0, 0.05) is 4.90 Å². The second-order valence-electron chi connectivity index (χ2n) is 3.52. The van der Waals surface area contributed by atoms with Gasteiger partial charge in [0.2, 0.25) is 0 Å². The lowest BCUT2D eigenvalue weighted by molar-refractivity contribution is 0.0455. The first-order valence-electron chi connectivity index (χ1n) is 4.57. The van der Waals surface area contributed by atoms with Crippen LogP contribution < -0.4 is 0 Å². The van der Waals surface area contributed by atoms with E-state index >= 15 is 0 Å². The van der Waals surface area contributed by atoms with Crippen molar-refractivity contribution in [2.45, 2.75) is 24.0 Å². The zero-order valence-electron chi connectivity index (χ0n) is 8.04. The molecule has 1 fully saturated rings. The fraction of sp³-hybridized carbons (Fsp3) is 0.455. The first-order chi connectivity index (χ1) is 6.25. The predicted octanol–water partition coefficient (Wildman–Crippen LogP) is 2.79. The van der Waals surface area contributed by atoms with Crippen LogP contribution >= 0.6 is 11.8 Å². The summed E-state index contributed by atoms with van der Waals surface area (Å²) in [5.74, 6) is 0. The molecule has 13 heavy (non-hydrogen) atoms. The zero-order valence-corrected chi connectivity index (χ0v) is 8.86. The van der Waals surface area contributed by atoms with E-state index in [-0.39, 0.29) is 0 Å². The van der Waals surface area contributed by atoms with E-state index in [9.17, 15) is 0 Å². The number of benzene rings is 1. The highest BCUT2D eigenvalue weighted by Gasteiger charge is 2.19. The third-order valence-electron chi connectivity index (χ3n) is 2.39. The van der Waals surface area contributed by atoms with Gasteiger partial charge in [-0.25, -0.2) is 0 Å². The Labute approximate surface area is 83.5 Å². The minimum Gasteiger partial charge on any atom is -0.379 e. The number of aryl methyl sites for hydroxylation is 2. The molecule has 0 spiro atoms. The molecule has 1 aromatic carbocycles. The van der Waals surface area contributed by atoms with Crippen LogP contribution in [-0.4, -0.2) is 18.5 Å². The van der Waals surface area contributed by atoms with Gasteiger partial charge in [-0.05, 0) is 37.1 Å². The Morgan fingerprint density at radius 2 is 2.00 bits per heavy atom. The summed E-state index contributed by atoms with van der Waals surface area (Å²) in [6, 6.07) is 6.65. The van der Waals surface area contributed by atoms with E-state index in [1.165, 1.54) is 16.0 Å². The van der Waals surface area contributed by atoms with Crippen LogP contribution in [0.1, 0.15) is 11.1 Å². The number of thioether (sulfide) groups is 1. The van der Waals surface area contributed by atoms with Crippen molar-refractivity contribution in [3.05, 3.63) is 29.3 Å². The number of ether oxygens (including phenoxy) is 1. The predicted molar refractivity (Wildman–Crippen MR) is 56.4 cm³/mol. The van der Waals surface area contributed by atoms with Gasteiger partial charge in [-0.1, -0.05) is 6.07 Å². The first kappa shape index (κ1) is 9.10. The van der Waals surface area contributed by atoms with Crippen LogP contribution in [-0.2, 0) is 4.74 Å². The summed E-state index contributed by atoms with van der Waals surface area (Å²) >= 11 is 1.93. The summed E-state index contributed by atoms with van der Waals surface area (Å²) in [4.78, 5) is 1.37. The van der Waals surface area contributed by atoms with Crippen molar-refractivity contribution < 1.29 is 4.74 Å². The lowest BCUT2D eigenvalue weighted by Crippen LogP contribution is -2.29. The quantitative estimate of drug-likeness (QED) is 0.716. The molecule has 1 aliphatic rings. The number of hydrogen-bond donors (Lipinski definition) is 0. The molecule has 70 valence electrons. The Morgan fingerprint density at radius 3 is 2.54 bits per heavy atom. The van der Waals surface area contributed by atoms with Crippen molar-refractivity contribution in [2.24, 2.45) is 0 Å². The van der Waals surface area contributed by atoms with E-state index < -0.39 is 0 Å². The molecule has 1 saturated heterocycles. The summed E-state index contributed by atoms with van der Waals surface area (Å²) < 4.78 is 5.14. The molecule has 0 bridgehead atoms.